The number of rotatable bonds is 3. The molecule has 0 atom stereocenters. The molecule has 2 N–H and O–H groups in total. The van der Waals surface area contributed by atoms with Gasteiger partial charge in [0.1, 0.15) is 0 Å². The number of para-hydroxylation sites is 1. The molecule has 0 unspecified atom stereocenters. The van der Waals surface area contributed by atoms with E-state index in [2.05, 4.69) is 15.5 Å². The van der Waals surface area contributed by atoms with Gasteiger partial charge in [-0.1, -0.05) is 17.7 Å². The highest BCUT2D eigenvalue weighted by Crippen LogP contribution is 2.38. The molecule has 3 nitrogen and oxygen atoms in total. The molecule has 0 saturated carbocycles. The number of hydrogen-bond acceptors (Lipinski definition) is 2. The van der Waals surface area contributed by atoms with E-state index in [1.165, 1.54) is 12.1 Å². The van der Waals surface area contributed by atoms with Crippen LogP contribution in [-0.2, 0) is 12.7 Å². The Morgan fingerprint density at radius 2 is 2.00 bits per heavy atom. The molecule has 0 saturated heterocycles. The highest BCUT2D eigenvalue weighted by atomic mass is 35.5. The van der Waals surface area contributed by atoms with Crippen LogP contribution in [0, 0.1) is 13.8 Å². The largest absolute Gasteiger partial charge is 0.418 e. The van der Waals surface area contributed by atoms with Crippen molar-refractivity contribution in [2.24, 2.45) is 0 Å². The highest BCUT2D eigenvalue weighted by Gasteiger charge is 2.34. The van der Waals surface area contributed by atoms with E-state index < -0.39 is 11.7 Å². The van der Waals surface area contributed by atoms with Crippen molar-refractivity contribution in [2.45, 2.75) is 26.6 Å². The Hall–Kier alpha value is -1.69. The van der Waals surface area contributed by atoms with Crippen molar-refractivity contribution >= 4 is 17.3 Å². The molecular weight excluding hydrogens is 291 g/mol. The van der Waals surface area contributed by atoms with E-state index in [0.29, 0.717) is 0 Å². The lowest BCUT2D eigenvalue weighted by atomic mass is 10.1. The third kappa shape index (κ3) is 2.90. The fraction of sp³-hybridized carbons (Fsp3) is 0.308. The summed E-state index contributed by atoms with van der Waals surface area (Å²) in [5.74, 6) is 0. The molecule has 7 heteroatoms. The van der Waals surface area contributed by atoms with Gasteiger partial charge in [-0.2, -0.15) is 18.3 Å². The minimum absolute atomic E-state index is 0.0404. The minimum Gasteiger partial charge on any atom is -0.379 e. The van der Waals surface area contributed by atoms with Gasteiger partial charge in [-0.15, -0.1) is 0 Å². The van der Waals surface area contributed by atoms with Gasteiger partial charge in [0, 0.05) is 17.8 Å². The average Bonchev–Trinajstić information content (AvgIpc) is 2.66. The Morgan fingerprint density at radius 3 is 2.55 bits per heavy atom. The van der Waals surface area contributed by atoms with Crippen molar-refractivity contribution in [1.29, 1.82) is 0 Å². The van der Waals surface area contributed by atoms with E-state index in [-0.39, 0.29) is 17.3 Å². The van der Waals surface area contributed by atoms with Crippen LogP contribution in [0.15, 0.2) is 18.2 Å². The van der Waals surface area contributed by atoms with Crippen molar-refractivity contribution in [3.63, 3.8) is 0 Å². The lowest BCUT2D eigenvalue weighted by Crippen LogP contribution is -2.11. The first-order valence-corrected chi connectivity index (χ1v) is 6.28. The number of halogens is 4. The number of nitrogens with zero attached hydrogens (tertiary/aromatic N) is 1. The summed E-state index contributed by atoms with van der Waals surface area (Å²) in [6.45, 7) is 3.83. The van der Waals surface area contributed by atoms with Crippen molar-refractivity contribution in [2.75, 3.05) is 5.32 Å². The van der Waals surface area contributed by atoms with E-state index >= 15 is 0 Å². The second kappa shape index (κ2) is 5.36. The van der Waals surface area contributed by atoms with Crippen molar-refractivity contribution in [1.82, 2.24) is 10.2 Å². The van der Waals surface area contributed by atoms with Crippen LogP contribution in [0.25, 0.3) is 0 Å². The van der Waals surface area contributed by atoms with Crippen LogP contribution in [0.4, 0.5) is 18.9 Å². The smallest absolute Gasteiger partial charge is 0.379 e. The lowest BCUT2D eigenvalue weighted by Gasteiger charge is -2.16. The Balaban J connectivity index is 2.30. The lowest BCUT2D eigenvalue weighted by molar-refractivity contribution is -0.136. The molecule has 2 aromatic rings. The quantitative estimate of drug-likeness (QED) is 0.887. The Bertz CT molecular complexity index is 600. The molecule has 0 aliphatic carbocycles. The van der Waals surface area contributed by atoms with Crippen LogP contribution in [0.5, 0.6) is 0 Å². The van der Waals surface area contributed by atoms with Crippen LogP contribution in [0.2, 0.25) is 5.02 Å². The van der Waals surface area contributed by atoms with Gasteiger partial charge in [0.05, 0.1) is 22.0 Å². The molecule has 0 spiro atoms. The number of alkyl halides is 3. The molecule has 0 radical (unpaired) electrons. The third-order valence-corrected chi connectivity index (χ3v) is 3.36. The highest BCUT2D eigenvalue weighted by molar-refractivity contribution is 6.33. The van der Waals surface area contributed by atoms with Crippen molar-refractivity contribution < 1.29 is 13.2 Å². The molecule has 0 aliphatic rings. The van der Waals surface area contributed by atoms with Crippen LogP contribution in [0.3, 0.4) is 0 Å². The number of aromatic amines is 1. The van der Waals surface area contributed by atoms with Crippen molar-refractivity contribution in [3.8, 4) is 0 Å². The van der Waals surface area contributed by atoms with Gasteiger partial charge in [0.2, 0.25) is 0 Å². The number of nitrogens with one attached hydrogen (secondary N) is 2. The molecule has 2 rings (SSSR count). The van der Waals surface area contributed by atoms with Crippen molar-refractivity contribution in [3.05, 3.63) is 45.7 Å². The Morgan fingerprint density at radius 1 is 1.30 bits per heavy atom. The number of benzene rings is 1. The summed E-state index contributed by atoms with van der Waals surface area (Å²) in [5, 5.41) is 9.59. The Labute approximate surface area is 119 Å². The van der Waals surface area contributed by atoms with E-state index in [0.717, 1.165) is 23.0 Å². The van der Waals surface area contributed by atoms with Crippen LogP contribution < -0.4 is 5.32 Å². The average molecular weight is 304 g/mol. The van der Waals surface area contributed by atoms with Gasteiger partial charge in [-0.3, -0.25) is 5.10 Å². The zero-order valence-corrected chi connectivity index (χ0v) is 11.7. The monoisotopic (exact) mass is 303 g/mol. The first kappa shape index (κ1) is 14.7. The Kier molecular flexibility index (Phi) is 3.94. The maximum Gasteiger partial charge on any atom is 0.418 e. The maximum atomic E-state index is 12.9. The van der Waals surface area contributed by atoms with Crippen LogP contribution in [0.1, 0.15) is 22.5 Å². The number of aryl methyl sites for hydroxylation is 2. The SMILES string of the molecule is Cc1n[nH]c(C)c1CNc1c(Cl)cccc1C(F)(F)F. The number of anilines is 1. The van der Waals surface area contributed by atoms with E-state index in [9.17, 15) is 13.2 Å². The minimum atomic E-state index is -4.45. The summed E-state index contributed by atoms with van der Waals surface area (Å²) >= 11 is 5.87. The molecule has 1 aromatic carbocycles. The van der Waals surface area contributed by atoms with Crippen LogP contribution >= 0.6 is 11.6 Å². The summed E-state index contributed by atoms with van der Waals surface area (Å²) in [7, 11) is 0. The molecule has 1 heterocycles. The van der Waals surface area contributed by atoms with E-state index in [1.54, 1.807) is 6.92 Å². The fourth-order valence-corrected chi connectivity index (χ4v) is 2.19. The molecule has 1 aromatic heterocycles. The van der Waals surface area contributed by atoms with Gasteiger partial charge in [0.25, 0.3) is 0 Å². The second-order valence-electron chi connectivity index (χ2n) is 4.43. The van der Waals surface area contributed by atoms with E-state index in [1.807, 2.05) is 6.92 Å². The summed E-state index contributed by atoms with van der Waals surface area (Å²) in [6.07, 6.45) is -4.45. The predicted octanol–water partition coefficient (Wildman–Crippen LogP) is 4.31. The first-order valence-electron chi connectivity index (χ1n) is 5.90. The summed E-state index contributed by atoms with van der Waals surface area (Å²) in [6, 6.07) is 3.71. The number of H-pyrrole nitrogens is 1. The normalized spacial score (nSPS) is 11.7. The van der Waals surface area contributed by atoms with E-state index in [4.69, 9.17) is 11.6 Å². The zero-order chi connectivity index (χ0) is 14.9. The molecule has 0 aliphatic heterocycles. The van der Waals surface area contributed by atoms with Crippen LogP contribution in [-0.4, -0.2) is 10.2 Å². The first-order chi connectivity index (χ1) is 9.30. The molecular formula is C13H13ClF3N3. The van der Waals surface area contributed by atoms with Gasteiger partial charge in [-0.25, -0.2) is 0 Å². The van der Waals surface area contributed by atoms with Gasteiger partial charge in [-0.05, 0) is 26.0 Å². The summed E-state index contributed by atoms with van der Waals surface area (Å²) in [5.41, 5.74) is 1.51. The molecule has 20 heavy (non-hydrogen) atoms. The van der Waals surface area contributed by atoms with Gasteiger partial charge >= 0.3 is 6.18 Å². The molecule has 0 bridgehead atoms. The second-order valence-corrected chi connectivity index (χ2v) is 4.83. The standard InChI is InChI=1S/C13H13ClF3N3/c1-7-9(8(2)20-19-7)6-18-12-10(13(15,16)17)4-3-5-11(12)14/h3-5,18H,6H2,1-2H3,(H,19,20). The molecule has 108 valence electrons. The van der Waals surface area contributed by atoms with Gasteiger partial charge < -0.3 is 5.32 Å². The number of hydrogen-bond donors (Lipinski definition) is 2. The fourth-order valence-electron chi connectivity index (χ4n) is 1.95. The molecule has 0 amide bonds. The predicted molar refractivity (Wildman–Crippen MR) is 71.8 cm³/mol. The topological polar surface area (TPSA) is 40.7 Å². The van der Waals surface area contributed by atoms with Gasteiger partial charge in [0.15, 0.2) is 0 Å². The maximum absolute atomic E-state index is 12.9. The summed E-state index contributed by atoms with van der Waals surface area (Å²) in [4.78, 5) is 0. The molecule has 0 fully saturated rings. The zero-order valence-electron chi connectivity index (χ0n) is 10.9. The third-order valence-electron chi connectivity index (χ3n) is 3.04. The summed E-state index contributed by atoms with van der Waals surface area (Å²) < 4.78 is 38.8. The number of aromatic nitrogens is 2.